The van der Waals surface area contributed by atoms with Crippen LogP contribution in [0.15, 0.2) is 17.5 Å². The number of nitrogens with zero attached hydrogens (tertiary/aromatic N) is 2. The van der Waals surface area contributed by atoms with Gasteiger partial charge in [0.1, 0.15) is 0 Å². The van der Waals surface area contributed by atoms with Crippen LogP contribution >= 0.6 is 11.3 Å². The fourth-order valence-electron chi connectivity index (χ4n) is 3.55. The Kier molecular flexibility index (Phi) is 5.20. The first-order chi connectivity index (χ1) is 11.1. The summed E-state index contributed by atoms with van der Waals surface area (Å²) in [5.41, 5.74) is 0. The molecule has 2 saturated heterocycles. The number of carbonyl (C=O) groups is 2. The van der Waals surface area contributed by atoms with Crippen LogP contribution in [0.5, 0.6) is 0 Å². The Bertz CT molecular complexity index is 546. The summed E-state index contributed by atoms with van der Waals surface area (Å²) in [7, 11) is 0. The number of anilines is 1. The Morgan fingerprint density at radius 3 is 2.70 bits per heavy atom. The maximum Gasteiger partial charge on any atom is 0.322 e. The van der Waals surface area contributed by atoms with Gasteiger partial charge in [0.2, 0.25) is 5.91 Å². The second-order valence-electron chi connectivity index (χ2n) is 6.72. The lowest BCUT2D eigenvalue weighted by atomic mass is 9.94. The molecule has 2 aliphatic rings. The van der Waals surface area contributed by atoms with Gasteiger partial charge in [-0.3, -0.25) is 10.1 Å². The predicted molar refractivity (Wildman–Crippen MR) is 92.6 cm³/mol. The minimum Gasteiger partial charge on any atom is -0.342 e. The number of thiophene rings is 1. The van der Waals surface area contributed by atoms with Crippen LogP contribution in [-0.2, 0) is 4.79 Å². The van der Waals surface area contributed by atoms with Gasteiger partial charge in [-0.25, -0.2) is 4.79 Å². The van der Waals surface area contributed by atoms with Crippen LogP contribution in [0.4, 0.5) is 9.80 Å². The van der Waals surface area contributed by atoms with Crippen LogP contribution in [0.3, 0.4) is 0 Å². The summed E-state index contributed by atoms with van der Waals surface area (Å²) >= 11 is 1.51. The van der Waals surface area contributed by atoms with Crippen molar-refractivity contribution in [1.82, 2.24) is 9.80 Å². The van der Waals surface area contributed by atoms with Crippen LogP contribution in [0.1, 0.15) is 32.6 Å². The third-order valence-electron chi connectivity index (χ3n) is 4.78. The third kappa shape index (κ3) is 4.05. The monoisotopic (exact) mass is 335 g/mol. The molecule has 2 atom stereocenters. The van der Waals surface area contributed by atoms with Gasteiger partial charge in [-0.2, -0.15) is 0 Å². The lowest BCUT2D eigenvalue weighted by Gasteiger charge is -2.37. The summed E-state index contributed by atoms with van der Waals surface area (Å²) in [4.78, 5) is 28.9. The van der Waals surface area contributed by atoms with Crippen molar-refractivity contribution in [2.75, 3.05) is 31.5 Å². The van der Waals surface area contributed by atoms with Crippen LogP contribution in [0, 0.1) is 11.8 Å². The van der Waals surface area contributed by atoms with Crippen LogP contribution < -0.4 is 5.32 Å². The molecule has 126 valence electrons. The molecular weight excluding hydrogens is 310 g/mol. The molecule has 3 rings (SSSR count). The highest BCUT2D eigenvalue weighted by molar-refractivity contribution is 7.14. The highest BCUT2D eigenvalue weighted by atomic mass is 32.1. The van der Waals surface area contributed by atoms with Gasteiger partial charge in [0, 0.05) is 26.2 Å². The Labute approximate surface area is 141 Å². The topological polar surface area (TPSA) is 52.7 Å². The largest absolute Gasteiger partial charge is 0.342 e. The first-order valence-corrected chi connectivity index (χ1v) is 9.39. The normalized spacial score (nSPS) is 25.3. The maximum absolute atomic E-state index is 12.8. The van der Waals surface area contributed by atoms with E-state index in [1.165, 1.54) is 17.8 Å². The molecule has 1 aromatic heterocycles. The van der Waals surface area contributed by atoms with Gasteiger partial charge in [0.05, 0.1) is 10.9 Å². The van der Waals surface area contributed by atoms with E-state index in [0.717, 1.165) is 43.9 Å². The molecule has 0 aliphatic carbocycles. The predicted octanol–water partition coefficient (Wildman–Crippen LogP) is 3.25. The van der Waals surface area contributed by atoms with Crippen molar-refractivity contribution in [3.63, 3.8) is 0 Å². The van der Waals surface area contributed by atoms with E-state index in [1.807, 2.05) is 22.4 Å². The molecule has 1 aromatic rings. The second kappa shape index (κ2) is 7.34. The minimum absolute atomic E-state index is 0.0388. The molecule has 0 aromatic carbocycles. The van der Waals surface area contributed by atoms with E-state index in [-0.39, 0.29) is 17.9 Å². The van der Waals surface area contributed by atoms with E-state index >= 15 is 0 Å². The van der Waals surface area contributed by atoms with Gasteiger partial charge in [0.25, 0.3) is 0 Å². The second-order valence-corrected chi connectivity index (χ2v) is 7.67. The number of rotatable bonds is 2. The van der Waals surface area contributed by atoms with E-state index in [1.54, 1.807) is 4.90 Å². The zero-order valence-corrected chi connectivity index (χ0v) is 14.5. The molecule has 0 bridgehead atoms. The maximum atomic E-state index is 12.8. The summed E-state index contributed by atoms with van der Waals surface area (Å²) in [6.45, 7) is 5.23. The molecule has 0 saturated carbocycles. The van der Waals surface area contributed by atoms with Crippen molar-refractivity contribution in [1.29, 1.82) is 0 Å². The van der Waals surface area contributed by atoms with Gasteiger partial charge in [-0.15, -0.1) is 11.3 Å². The molecule has 6 heteroatoms. The van der Waals surface area contributed by atoms with Gasteiger partial charge in [-0.1, -0.05) is 6.92 Å². The fraction of sp³-hybridized carbons (Fsp3) is 0.647. The summed E-state index contributed by atoms with van der Waals surface area (Å²) in [5, 5.41) is 5.71. The number of carbonyl (C=O) groups excluding carboxylic acids is 2. The number of nitrogens with one attached hydrogen (secondary N) is 1. The molecule has 0 radical (unpaired) electrons. The van der Waals surface area contributed by atoms with Crippen LogP contribution in [-0.4, -0.2) is 47.9 Å². The SMILES string of the molecule is CC1CCCN(C(=O)C2CCCN(C(=O)Nc3cccs3)C2)C1. The molecular formula is C17H25N3O2S. The Morgan fingerprint density at radius 2 is 1.96 bits per heavy atom. The number of hydrogen-bond donors (Lipinski definition) is 1. The Hall–Kier alpha value is -1.56. The van der Waals surface area contributed by atoms with Crippen LogP contribution in [0.2, 0.25) is 0 Å². The molecule has 2 unspecified atom stereocenters. The molecule has 5 nitrogen and oxygen atoms in total. The van der Waals surface area contributed by atoms with Crippen molar-refractivity contribution in [3.8, 4) is 0 Å². The molecule has 3 amide bonds. The average Bonchev–Trinajstić information content (AvgIpc) is 3.07. The van der Waals surface area contributed by atoms with Crippen molar-refractivity contribution in [3.05, 3.63) is 17.5 Å². The number of likely N-dealkylation sites (tertiary alicyclic amines) is 2. The molecule has 3 heterocycles. The third-order valence-corrected chi connectivity index (χ3v) is 5.56. The highest BCUT2D eigenvalue weighted by Gasteiger charge is 2.32. The van der Waals surface area contributed by atoms with Gasteiger partial charge >= 0.3 is 6.03 Å². The smallest absolute Gasteiger partial charge is 0.322 e. The Morgan fingerprint density at radius 1 is 1.17 bits per heavy atom. The van der Waals surface area contributed by atoms with Gasteiger partial charge < -0.3 is 9.80 Å². The summed E-state index contributed by atoms with van der Waals surface area (Å²) in [6.07, 6.45) is 4.11. The summed E-state index contributed by atoms with van der Waals surface area (Å²) < 4.78 is 0. The molecule has 0 spiro atoms. The summed E-state index contributed by atoms with van der Waals surface area (Å²) in [6, 6.07) is 3.72. The zero-order chi connectivity index (χ0) is 16.2. The summed E-state index contributed by atoms with van der Waals surface area (Å²) in [5.74, 6) is 0.794. The van der Waals surface area contributed by atoms with Crippen molar-refractivity contribution >= 4 is 28.3 Å². The average molecular weight is 335 g/mol. The molecule has 2 aliphatic heterocycles. The van der Waals surface area contributed by atoms with E-state index in [9.17, 15) is 9.59 Å². The van der Waals surface area contributed by atoms with Crippen LogP contribution in [0.25, 0.3) is 0 Å². The van der Waals surface area contributed by atoms with E-state index in [4.69, 9.17) is 0 Å². The van der Waals surface area contributed by atoms with E-state index in [0.29, 0.717) is 12.5 Å². The number of hydrogen-bond acceptors (Lipinski definition) is 3. The number of amides is 3. The van der Waals surface area contributed by atoms with Gasteiger partial charge in [0.15, 0.2) is 0 Å². The molecule has 23 heavy (non-hydrogen) atoms. The fourth-order valence-corrected chi connectivity index (χ4v) is 4.15. The molecule has 1 N–H and O–H groups in total. The van der Waals surface area contributed by atoms with E-state index < -0.39 is 0 Å². The van der Waals surface area contributed by atoms with Gasteiger partial charge in [-0.05, 0) is 49.1 Å². The van der Waals surface area contributed by atoms with Crippen molar-refractivity contribution in [2.24, 2.45) is 11.8 Å². The van der Waals surface area contributed by atoms with E-state index in [2.05, 4.69) is 12.2 Å². The number of urea groups is 1. The first kappa shape index (κ1) is 16.3. The zero-order valence-electron chi connectivity index (χ0n) is 13.7. The van der Waals surface area contributed by atoms with Crippen molar-refractivity contribution in [2.45, 2.75) is 32.6 Å². The Balaban J connectivity index is 1.57. The lowest BCUT2D eigenvalue weighted by Crippen LogP contribution is -2.49. The standard InChI is InChI=1S/C17H25N3O2S/c1-13-5-2-8-19(11-13)16(21)14-6-3-9-20(12-14)17(22)18-15-7-4-10-23-15/h4,7,10,13-14H,2-3,5-6,8-9,11-12H2,1H3,(H,18,22). The minimum atomic E-state index is -0.0861. The first-order valence-electron chi connectivity index (χ1n) is 8.51. The number of piperidine rings is 2. The quantitative estimate of drug-likeness (QED) is 0.902. The van der Waals surface area contributed by atoms with Crippen molar-refractivity contribution < 1.29 is 9.59 Å². The highest BCUT2D eigenvalue weighted by Crippen LogP contribution is 2.24. The lowest BCUT2D eigenvalue weighted by molar-refractivity contribution is -0.138. The molecule has 2 fully saturated rings.